The lowest BCUT2D eigenvalue weighted by atomic mass is 10.1. The van der Waals surface area contributed by atoms with Crippen molar-refractivity contribution < 1.29 is 12.9 Å². The minimum atomic E-state index is -3.59. The fourth-order valence-electron chi connectivity index (χ4n) is 1.89. The van der Waals surface area contributed by atoms with Gasteiger partial charge in [-0.25, -0.2) is 13.1 Å². The molecule has 2 aromatic rings. The molecule has 20 heavy (non-hydrogen) atoms. The van der Waals surface area contributed by atoms with Gasteiger partial charge in [-0.3, -0.25) is 0 Å². The van der Waals surface area contributed by atoms with Crippen molar-refractivity contribution in [2.75, 3.05) is 0 Å². The fourth-order valence-corrected chi connectivity index (χ4v) is 2.93. The van der Waals surface area contributed by atoms with E-state index in [0.29, 0.717) is 12.3 Å². The van der Waals surface area contributed by atoms with Crippen molar-refractivity contribution in [3.8, 4) is 0 Å². The van der Waals surface area contributed by atoms with E-state index < -0.39 is 10.0 Å². The Labute approximate surface area is 118 Å². The van der Waals surface area contributed by atoms with Gasteiger partial charge >= 0.3 is 0 Å². The summed E-state index contributed by atoms with van der Waals surface area (Å²) in [6, 6.07) is 6.60. The molecule has 3 N–H and O–H groups in total. The maximum Gasteiger partial charge on any atom is 0.240 e. The van der Waals surface area contributed by atoms with Gasteiger partial charge in [0.15, 0.2) is 5.76 Å². The molecule has 0 spiro atoms. The third kappa shape index (κ3) is 3.24. The van der Waals surface area contributed by atoms with Crippen molar-refractivity contribution in [2.24, 2.45) is 5.73 Å². The van der Waals surface area contributed by atoms with Crippen molar-refractivity contribution >= 4 is 10.0 Å². The largest absolute Gasteiger partial charge is 0.360 e. The highest BCUT2D eigenvalue weighted by Gasteiger charge is 2.16. The number of nitrogens with two attached hydrogens (primary N) is 1. The van der Waals surface area contributed by atoms with Crippen LogP contribution >= 0.6 is 0 Å². The number of hydrogen-bond donors (Lipinski definition) is 2. The predicted octanol–water partition coefficient (Wildman–Crippen LogP) is 1.17. The monoisotopic (exact) mass is 295 g/mol. The van der Waals surface area contributed by atoms with E-state index >= 15 is 0 Å². The Morgan fingerprint density at radius 2 is 2.10 bits per heavy atom. The van der Waals surface area contributed by atoms with Gasteiger partial charge < -0.3 is 10.3 Å². The van der Waals surface area contributed by atoms with E-state index in [2.05, 4.69) is 9.88 Å². The Balaban J connectivity index is 2.20. The van der Waals surface area contributed by atoms with Gasteiger partial charge in [-0.05, 0) is 29.7 Å². The summed E-state index contributed by atoms with van der Waals surface area (Å²) < 4.78 is 31.7. The summed E-state index contributed by atoms with van der Waals surface area (Å²) in [6.07, 6.45) is 2.28. The highest BCUT2D eigenvalue weighted by Crippen LogP contribution is 2.16. The van der Waals surface area contributed by atoms with Gasteiger partial charge in [0.1, 0.15) is 0 Å². The van der Waals surface area contributed by atoms with Gasteiger partial charge in [0, 0.05) is 12.6 Å². The Morgan fingerprint density at radius 1 is 1.30 bits per heavy atom. The van der Waals surface area contributed by atoms with Crippen molar-refractivity contribution in [3.05, 3.63) is 47.3 Å². The lowest BCUT2D eigenvalue weighted by Gasteiger charge is -2.10. The normalized spacial score (nSPS) is 11.7. The van der Waals surface area contributed by atoms with Crippen molar-refractivity contribution in [1.29, 1.82) is 0 Å². The number of hydrogen-bond acceptors (Lipinski definition) is 5. The first-order chi connectivity index (χ1) is 9.56. The van der Waals surface area contributed by atoms with Crippen molar-refractivity contribution in [3.63, 3.8) is 0 Å². The highest BCUT2D eigenvalue weighted by molar-refractivity contribution is 7.89. The van der Waals surface area contributed by atoms with Crippen molar-refractivity contribution in [1.82, 2.24) is 9.88 Å². The third-order valence-corrected chi connectivity index (χ3v) is 4.42. The average Bonchev–Trinajstić information content (AvgIpc) is 2.97. The lowest BCUT2D eigenvalue weighted by molar-refractivity contribution is 0.380. The summed E-state index contributed by atoms with van der Waals surface area (Å²) in [6.45, 7) is 2.38. The maximum atomic E-state index is 12.2. The lowest BCUT2D eigenvalue weighted by Crippen LogP contribution is -2.23. The molecule has 0 bridgehead atoms. The first-order valence-electron chi connectivity index (χ1n) is 6.28. The second kappa shape index (κ2) is 6.17. The molecule has 6 nitrogen and oxygen atoms in total. The molecule has 1 aromatic heterocycles. The summed E-state index contributed by atoms with van der Waals surface area (Å²) in [4.78, 5) is 0.203. The third-order valence-electron chi connectivity index (χ3n) is 3.02. The Morgan fingerprint density at radius 3 is 2.70 bits per heavy atom. The van der Waals surface area contributed by atoms with E-state index in [0.717, 1.165) is 17.5 Å². The van der Waals surface area contributed by atoms with Crippen LogP contribution in [0.25, 0.3) is 0 Å². The van der Waals surface area contributed by atoms with Crippen LogP contribution in [0.3, 0.4) is 0 Å². The van der Waals surface area contributed by atoms with Gasteiger partial charge in [-0.15, -0.1) is 0 Å². The number of rotatable bonds is 6. The summed E-state index contributed by atoms with van der Waals surface area (Å²) in [5.74, 6) is 0.456. The molecule has 1 heterocycles. The maximum absolute atomic E-state index is 12.2. The van der Waals surface area contributed by atoms with Gasteiger partial charge in [0.05, 0.1) is 17.6 Å². The van der Waals surface area contributed by atoms with Crippen LogP contribution in [0.15, 0.2) is 39.9 Å². The zero-order valence-electron chi connectivity index (χ0n) is 11.2. The number of aromatic nitrogens is 1. The minimum Gasteiger partial charge on any atom is -0.360 e. The van der Waals surface area contributed by atoms with Gasteiger partial charge in [0.25, 0.3) is 0 Å². The topological polar surface area (TPSA) is 98.2 Å². The van der Waals surface area contributed by atoms with E-state index in [4.69, 9.17) is 10.3 Å². The Kier molecular flexibility index (Phi) is 4.53. The zero-order valence-corrected chi connectivity index (χ0v) is 12.0. The van der Waals surface area contributed by atoms with Gasteiger partial charge in [-0.1, -0.05) is 18.1 Å². The molecule has 2 rings (SSSR count). The Bertz CT molecular complexity index is 666. The van der Waals surface area contributed by atoms with Crippen LogP contribution in [-0.2, 0) is 29.5 Å². The molecular formula is C13H17N3O3S. The molecule has 108 valence electrons. The standard InChI is InChI=1S/C13H17N3O3S/c1-2-10-3-4-13(7-11(10)8-14)20(17,18)16-9-12-5-6-15-19-12/h3-7,16H,2,8-9,14H2,1H3. The molecule has 0 saturated carbocycles. The molecule has 0 aliphatic rings. The number of nitrogens with zero attached hydrogens (tertiary/aromatic N) is 1. The fraction of sp³-hybridized carbons (Fsp3) is 0.308. The highest BCUT2D eigenvalue weighted by atomic mass is 32.2. The molecule has 0 radical (unpaired) electrons. The zero-order chi connectivity index (χ0) is 14.6. The minimum absolute atomic E-state index is 0.0653. The second-order valence-corrected chi connectivity index (χ2v) is 6.06. The van der Waals surface area contributed by atoms with E-state index in [1.807, 2.05) is 6.92 Å². The smallest absolute Gasteiger partial charge is 0.240 e. The average molecular weight is 295 g/mol. The number of sulfonamides is 1. The van der Waals surface area contributed by atoms with Crippen LogP contribution in [0, 0.1) is 0 Å². The molecular weight excluding hydrogens is 278 g/mol. The van der Waals surface area contributed by atoms with Crippen LogP contribution < -0.4 is 10.5 Å². The van der Waals surface area contributed by atoms with E-state index in [-0.39, 0.29) is 11.4 Å². The summed E-state index contributed by atoms with van der Waals surface area (Å²) >= 11 is 0. The molecule has 0 amide bonds. The van der Waals surface area contributed by atoms with E-state index in [1.54, 1.807) is 24.3 Å². The summed E-state index contributed by atoms with van der Waals surface area (Å²) in [5, 5.41) is 3.52. The molecule has 0 aliphatic carbocycles. The predicted molar refractivity (Wildman–Crippen MR) is 74.2 cm³/mol. The second-order valence-electron chi connectivity index (χ2n) is 4.29. The van der Waals surface area contributed by atoms with Crippen molar-refractivity contribution in [2.45, 2.75) is 31.3 Å². The summed E-state index contributed by atoms with van der Waals surface area (Å²) in [7, 11) is -3.59. The molecule has 0 saturated heterocycles. The van der Waals surface area contributed by atoms with Gasteiger partial charge in [-0.2, -0.15) is 0 Å². The quantitative estimate of drug-likeness (QED) is 0.833. The van der Waals surface area contributed by atoms with Gasteiger partial charge in [0.2, 0.25) is 10.0 Å². The number of aryl methyl sites for hydroxylation is 1. The molecule has 0 atom stereocenters. The molecule has 0 fully saturated rings. The van der Waals surface area contributed by atoms with Crippen LogP contribution in [0.5, 0.6) is 0 Å². The first kappa shape index (κ1) is 14.7. The van der Waals surface area contributed by atoms with Crippen LogP contribution in [-0.4, -0.2) is 13.6 Å². The van der Waals surface area contributed by atoms with Crippen LogP contribution in [0.1, 0.15) is 23.8 Å². The molecule has 0 aliphatic heterocycles. The van der Waals surface area contributed by atoms with E-state index in [1.165, 1.54) is 6.20 Å². The summed E-state index contributed by atoms with van der Waals surface area (Å²) in [5.41, 5.74) is 7.55. The van der Waals surface area contributed by atoms with Crippen LogP contribution in [0.4, 0.5) is 0 Å². The Hall–Kier alpha value is -1.70. The van der Waals surface area contributed by atoms with Crippen LogP contribution in [0.2, 0.25) is 0 Å². The molecule has 1 aromatic carbocycles. The number of benzene rings is 1. The molecule has 7 heteroatoms. The first-order valence-corrected chi connectivity index (χ1v) is 7.76. The molecule has 0 unspecified atom stereocenters. The van der Waals surface area contributed by atoms with E-state index in [9.17, 15) is 8.42 Å². The SMILES string of the molecule is CCc1ccc(S(=O)(=O)NCc2ccno2)cc1CN. The number of nitrogens with one attached hydrogen (secondary N) is 1.